The normalized spacial score (nSPS) is 12.6. The average molecular weight is 194 g/mol. The fourth-order valence-corrected chi connectivity index (χ4v) is 0.469. The first-order valence-corrected chi connectivity index (χ1v) is 3.62. The van der Waals surface area contributed by atoms with Gasteiger partial charge in [-0.25, -0.2) is 0 Å². The second kappa shape index (κ2) is 8.64. The molecule has 2 unspecified atom stereocenters. The van der Waals surface area contributed by atoms with Gasteiger partial charge in [-0.15, -0.1) is 24.8 Å². The third-order valence-corrected chi connectivity index (χ3v) is 2.09. The lowest BCUT2D eigenvalue weighted by Crippen LogP contribution is -1.89. The molecule has 2 atom stereocenters. The molecular formula is C4H12Cl2O2P+. The van der Waals surface area contributed by atoms with Gasteiger partial charge in [0, 0.05) is 0 Å². The minimum absolute atomic E-state index is 0. The van der Waals surface area contributed by atoms with Gasteiger partial charge in [0.15, 0.2) is 5.66 Å². The maximum absolute atomic E-state index is 10.1. The van der Waals surface area contributed by atoms with E-state index >= 15 is 0 Å². The maximum atomic E-state index is 10.1. The van der Waals surface area contributed by atoms with Crippen molar-refractivity contribution >= 4 is 32.8 Å². The van der Waals surface area contributed by atoms with Crippen LogP contribution in [-0.2, 0) is 4.57 Å². The monoisotopic (exact) mass is 193 g/mol. The van der Waals surface area contributed by atoms with Gasteiger partial charge < -0.3 is 0 Å². The molecule has 9 heavy (non-hydrogen) atoms. The van der Waals surface area contributed by atoms with Crippen molar-refractivity contribution in [3.05, 3.63) is 0 Å². The molecule has 0 aliphatic heterocycles. The molecule has 0 bridgehead atoms. The van der Waals surface area contributed by atoms with E-state index in [0.717, 1.165) is 6.42 Å². The summed E-state index contributed by atoms with van der Waals surface area (Å²) in [6.07, 6.45) is 0.783. The van der Waals surface area contributed by atoms with Crippen molar-refractivity contribution in [1.29, 1.82) is 0 Å². The first-order valence-electron chi connectivity index (χ1n) is 2.33. The highest BCUT2D eigenvalue weighted by atomic mass is 35.5. The minimum atomic E-state index is -1.91. The van der Waals surface area contributed by atoms with Crippen LogP contribution in [0.25, 0.3) is 0 Å². The van der Waals surface area contributed by atoms with Crippen molar-refractivity contribution < 1.29 is 9.46 Å². The van der Waals surface area contributed by atoms with Crippen LogP contribution in [0.5, 0.6) is 0 Å². The Morgan fingerprint density at radius 2 is 1.89 bits per heavy atom. The Hall–Kier alpha value is 0.640. The third kappa shape index (κ3) is 8.64. The maximum Gasteiger partial charge on any atom is 0.508 e. The lowest BCUT2D eigenvalue weighted by atomic mass is 10.4. The summed E-state index contributed by atoms with van der Waals surface area (Å²) in [4.78, 5) is 8.33. The van der Waals surface area contributed by atoms with E-state index < -0.39 is 8.03 Å². The molecule has 0 aromatic carbocycles. The van der Waals surface area contributed by atoms with Crippen molar-refractivity contribution in [2.45, 2.75) is 25.9 Å². The van der Waals surface area contributed by atoms with Crippen molar-refractivity contribution in [2.75, 3.05) is 0 Å². The summed E-state index contributed by atoms with van der Waals surface area (Å²) in [5, 5.41) is 0. The Morgan fingerprint density at radius 1 is 1.56 bits per heavy atom. The van der Waals surface area contributed by atoms with Crippen molar-refractivity contribution in [3.63, 3.8) is 0 Å². The van der Waals surface area contributed by atoms with E-state index in [2.05, 4.69) is 0 Å². The topological polar surface area (TPSA) is 37.3 Å². The molecule has 0 aliphatic carbocycles. The van der Waals surface area contributed by atoms with Gasteiger partial charge in [0.25, 0.3) is 0 Å². The summed E-state index contributed by atoms with van der Waals surface area (Å²) in [7, 11) is -1.91. The molecule has 0 aromatic rings. The molecule has 0 aromatic heterocycles. The smallest absolute Gasteiger partial charge is 0.161 e. The Labute approximate surface area is 68.7 Å². The van der Waals surface area contributed by atoms with Crippen LogP contribution in [0.15, 0.2) is 0 Å². The van der Waals surface area contributed by atoms with Gasteiger partial charge in [0.05, 0.1) is 0 Å². The number of hydrogen-bond acceptors (Lipinski definition) is 1. The molecule has 58 valence electrons. The van der Waals surface area contributed by atoms with E-state index in [1.54, 1.807) is 6.92 Å². The fourth-order valence-electron chi connectivity index (χ4n) is 0.156. The second-order valence-corrected chi connectivity index (χ2v) is 3.05. The lowest BCUT2D eigenvalue weighted by molar-refractivity contribution is 0.490. The van der Waals surface area contributed by atoms with Crippen LogP contribution in [-0.4, -0.2) is 10.6 Å². The van der Waals surface area contributed by atoms with E-state index in [1.165, 1.54) is 0 Å². The Bertz CT molecular complexity index is 79.0. The lowest BCUT2D eigenvalue weighted by Gasteiger charge is -1.83. The number of rotatable bonds is 2. The molecule has 0 saturated carbocycles. The zero-order valence-corrected chi connectivity index (χ0v) is 7.93. The number of hydrogen-bond donors (Lipinski definition) is 1. The SMILES string of the molecule is CCC(C)[P+](=O)O.Cl.Cl. The summed E-state index contributed by atoms with van der Waals surface area (Å²) in [5.41, 5.74) is -0.0324. The van der Waals surface area contributed by atoms with Gasteiger partial charge in [-0.1, -0.05) is 6.92 Å². The quantitative estimate of drug-likeness (QED) is 0.685. The Kier molecular flexibility index (Phi) is 15.7. The van der Waals surface area contributed by atoms with Crippen LogP contribution in [0.3, 0.4) is 0 Å². The van der Waals surface area contributed by atoms with Crippen LogP contribution < -0.4 is 0 Å². The molecule has 0 rings (SSSR count). The molecule has 0 amide bonds. The van der Waals surface area contributed by atoms with E-state index in [1.807, 2.05) is 6.92 Å². The van der Waals surface area contributed by atoms with Gasteiger partial charge in [-0.2, -0.15) is 4.89 Å². The summed E-state index contributed by atoms with van der Waals surface area (Å²) in [6, 6.07) is 0. The van der Waals surface area contributed by atoms with Crippen LogP contribution in [0.4, 0.5) is 0 Å². The van der Waals surface area contributed by atoms with Gasteiger partial charge in [0.1, 0.15) is 0 Å². The van der Waals surface area contributed by atoms with Crippen LogP contribution in [0.1, 0.15) is 20.3 Å². The van der Waals surface area contributed by atoms with Gasteiger partial charge in [-0.3, -0.25) is 0 Å². The zero-order chi connectivity index (χ0) is 5.86. The summed E-state index contributed by atoms with van der Waals surface area (Å²) < 4.78 is 10.1. The van der Waals surface area contributed by atoms with Crippen molar-refractivity contribution in [3.8, 4) is 0 Å². The molecule has 2 nitrogen and oxygen atoms in total. The molecule has 5 heteroatoms. The van der Waals surface area contributed by atoms with Gasteiger partial charge in [-0.05, 0) is 17.9 Å². The third-order valence-electron chi connectivity index (χ3n) is 0.968. The highest BCUT2D eigenvalue weighted by Crippen LogP contribution is 2.23. The van der Waals surface area contributed by atoms with Crippen molar-refractivity contribution in [1.82, 2.24) is 0 Å². The van der Waals surface area contributed by atoms with Crippen LogP contribution >= 0.6 is 32.8 Å². The Morgan fingerprint density at radius 3 is 1.89 bits per heavy atom. The molecular weight excluding hydrogens is 182 g/mol. The van der Waals surface area contributed by atoms with Crippen LogP contribution in [0.2, 0.25) is 0 Å². The molecule has 0 radical (unpaired) electrons. The summed E-state index contributed by atoms with van der Waals surface area (Å²) in [5.74, 6) is 0. The first kappa shape index (κ1) is 16.3. The molecule has 0 heterocycles. The fraction of sp³-hybridized carbons (Fsp3) is 1.00. The second-order valence-electron chi connectivity index (χ2n) is 1.56. The number of halogens is 2. The highest BCUT2D eigenvalue weighted by Gasteiger charge is 2.19. The molecule has 0 spiro atoms. The average Bonchev–Trinajstić information content (AvgIpc) is 1.65. The van der Waals surface area contributed by atoms with E-state index in [9.17, 15) is 4.57 Å². The van der Waals surface area contributed by atoms with E-state index in [0.29, 0.717) is 0 Å². The highest BCUT2D eigenvalue weighted by molar-refractivity contribution is 7.38. The Balaban J connectivity index is -0.000000180. The van der Waals surface area contributed by atoms with Crippen molar-refractivity contribution in [2.24, 2.45) is 0 Å². The molecule has 0 aliphatic rings. The van der Waals surface area contributed by atoms with Gasteiger partial charge >= 0.3 is 8.03 Å². The first-order chi connectivity index (χ1) is 3.18. The largest absolute Gasteiger partial charge is 0.508 e. The standard InChI is InChI=1S/C4H9O2P.2ClH/c1-3-4(2)7(5)6;;/h4H,3H2,1-2H3;2*1H/p+1. The minimum Gasteiger partial charge on any atom is -0.161 e. The molecule has 1 N–H and O–H groups in total. The molecule has 0 saturated heterocycles. The summed E-state index contributed by atoms with van der Waals surface area (Å²) in [6.45, 7) is 3.66. The zero-order valence-electron chi connectivity index (χ0n) is 5.40. The van der Waals surface area contributed by atoms with Gasteiger partial charge in [0.2, 0.25) is 0 Å². The predicted molar refractivity (Wildman–Crippen MR) is 44.1 cm³/mol. The molecule has 0 fully saturated rings. The van der Waals surface area contributed by atoms with E-state index in [4.69, 9.17) is 4.89 Å². The van der Waals surface area contributed by atoms with Crippen LogP contribution in [0, 0.1) is 0 Å². The van der Waals surface area contributed by atoms with E-state index in [-0.39, 0.29) is 30.5 Å². The summed E-state index contributed by atoms with van der Waals surface area (Å²) >= 11 is 0. The predicted octanol–water partition coefficient (Wildman–Crippen LogP) is 2.36.